The van der Waals surface area contributed by atoms with E-state index in [4.69, 9.17) is 13.9 Å². The Kier molecular flexibility index (Phi) is 7.46. The van der Waals surface area contributed by atoms with Gasteiger partial charge in [0.15, 0.2) is 0 Å². The van der Waals surface area contributed by atoms with Gasteiger partial charge in [0.25, 0.3) is 0 Å². The van der Waals surface area contributed by atoms with Crippen LogP contribution in [0.5, 0.6) is 0 Å². The van der Waals surface area contributed by atoms with Crippen molar-refractivity contribution in [3.63, 3.8) is 0 Å². The minimum absolute atomic E-state index is 0.395. The summed E-state index contributed by atoms with van der Waals surface area (Å²) in [5.41, 5.74) is 0. The molecule has 3 aliphatic rings. The molecule has 3 fully saturated rings. The van der Waals surface area contributed by atoms with E-state index in [0.717, 1.165) is 43.2 Å². The zero-order chi connectivity index (χ0) is 19.2. The van der Waals surface area contributed by atoms with Crippen LogP contribution in [0.1, 0.15) is 62.9 Å². The Balaban J connectivity index is 1.30. The summed E-state index contributed by atoms with van der Waals surface area (Å²) < 4.78 is 17.1. The molecule has 1 aliphatic carbocycles. The summed E-state index contributed by atoms with van der Waals surface area (Å²) in [6.07, 6.45) is 11.2. The summed E-state index contributed by atoms with van der Waals surface area (Å²) in [6, 6.07) is 5.04. The number of piperidine rings is 1. The van der Waals surface area contributed by atoms with Gasteiger partial charge in [-0.1, -0.05) is 12.8 Å². The minimum atomic E-state index is 0.395. The molecule has 0 spiro atoms. The first-order chi connectivity index (χ1) is 13.8. The average Bonchev–Trinajstić information content (AvgIpc) is 3.46. The van der Waals surface area contributed by atoms with Crippen molar-refractivity contribution < 1.29 is 13.9 Å². The number of furan rings is 1. The first-order valence-electron chi connectivity index (χ1n) is 11.4. The molecule has 0 bridgehead atoms. The van der Waals surface area contributed by atoms with Crippen molar-refractivity contribution in [2.75, 3.05) is 39.9 Å². The van der Waals surface area contributed by atoms with Gasteiger partial charge in [0, 0.05) is 32.8 Å². The summed E-state index contributed by atoms with van der Waals surface area (Å²) in [5, 5.41) is 0. The monoisotopic (exact) mass is 390 g/mol. The molecule has 2 saturated heterocycles. The molecule has 0 aromatic carbocycles. The Morgan fingerprint density at radius 2 is 1.79 bits per heavy atom. The Bertz CT molecular complexity index is 570. The first kappa shape index (κ1) is 20.4. The van der Waals surface area contributed by atoms with Gasteiger partial charge >= 0.3 is 0 Å². The van der Waals surface area contributed by atoms with E-state index in [0.29, 0.717) is 12.7 Å². The van der Waals surface area contributed by atoms with E-state index in [2.05, 4.69) is 15.9 Å². The van der Waals surface area contributed by atoms with Crippen LogP contribution in [-0.2, 0) is 22.6 Å². The molecule has 28 heavy (non-hydrogen) atoms. The number of nitrogens with zero attached hydrogens (tertiary/aromatic N) is 2. The van der Waals surface area contributed by atoms with E-state index in [1.165, 1.54) is 71.0 Å². The molecular formula is C23H38N2O3. The molecule has 1 aromatic rings. The highest BCUT2D eigenvalue weighted by molar-refractivity contribution is 5.06. The van der Waals surface area contributed by atoms with Crippen molar-refractivity contribution in [2.24, 2.45) is 5.92 Å². The van der Waals surface area contributed by atoms with Gasteiger partial charge in [-0.25, -0.2) is 0 Å². The number of hydrogen-bond donors (Lipinski definition) is 0. The number of methoxy groups -OCH3 is 1. The quantitative estimate of drug-likeness (QED) is 0.636. The second-order valence-corrected chi connectivity index (χ2v) is 9.05. The molecule has 158 valence electrons. The third-order valence-corrected chi connectivity index (χ3v) is 6.88. The summed E-state index contributed by atoms with van der Waals surface area (Å²) in [4.78, 5) is 5.36. The maximum absolute atomic E-state index is 5.98. The van der Waals surface area contributed by atoms with Crippen molar-refractivity contribution >= 4 is 0 Å². The molecule has 0 radical (unpaired) electrons. The fourth-order valence-electron chi connectivity index (χ4n) is 5.36. The van der Waals surface area contributed by atoms with E-state index in [-0.39, 0.29) is 0 Å². The molecule has 2 aliphatic heterocycles. The number of hydrogen-bond acceptors (Lipinski definition) is 5. The van der Waals surface area contributed by atoms with E-state index < -0.39 is 0 Å². The van der Waals surface area contributed by atoms with Crippen molar-refractivity contribution in [2.45, 2.75) is 76.7 Å². The molecule has 1 unspecified atom stereocenters. The predicted molar refractivity (Wildman–Crippen MR) is 110 cm³/mol. The Morgan fingerprint density at radius 1 is 1.00 bits per heavy atom. The smallest absolute Gasteiger partial charge is 0.129 e. The topological polar surface area (TPSA) is 38.1 Å². The highest BCUT2D eigenvalue weighted by atomic mass is 16.5. The van der Waals surface area contributed by atoms with Gasteiger partial charge in [-0.3, -0.25) is 4.90 Å². The number of rotatable bonds is 9. The molecule has 1 aromatic heterocycles. The number of likely N-dealkylation sites (tertiary alicyclic amines) is 1. The minimum Gasteiger partial charge on any atom is -0.462 e. The second kappa shape index (κ2) is 10.2. The number of ether oxygens (including phenoxy) is 2. The highest BCUT2D eigenvalue weighted by Crippen LogP contribution is 2.29. The summed E-state index contributed by atoms with van der Waals surface area (Å²) in [6.45, 7) is 7.14. The molecule has 0 amide bonds. The zero-order valence-electron chi connectivity index (χ0n) is 17.6. The van der Waals surface area contributed by atoms with Gasteiger partial charge in [0.05, 0.1) is 12.6 Å². The highest BCUT2D eigenvalue weighted by Gasteiger charge is 2.29. The van der Waals surface area contributed by atoms with Crippen LogP contribution in [0, 0.1) is 5.92 Å². The van der Waals surface area contributed by atoms with Gasteiger partial charge < -0.3 is 18.8 Å². The standard InChI is InChI=1S/C23H38N2O3/c1-26-18-23-9-8-22(28-23)17-24(16-21-7-4-14-27-21)15-19-10-12-25(13-11-19)20-5-2-3-6-20/h8-9,19-21H,2-7,10-18H2,1H3. The molecule has 1 atom stereocenters. The zero-order valence-corrected chi connectivity index (χ0v) is 17.6. The third kappa shape index (κ3) is 5.59. The van der Waals surface area contributed by atoms with Crippen LogP contribution in [0.15, 0.2) is 16.5 Å². The fourth-order valence-corrected chi connectivity index (χ4v) is 5.36. The molecule has 4 rings (SSSR count). The molecule has 1 saturated carbocycles. The molecule has 5 nitrogen and oxygen atoms in total. The Hall–Kier alpha value is -0.880. The van der Waals surface area contributed by atoms with Crippen LogP contribution < -0.4 is 0 Å². The van der Waals surface area contributed by atoms with Gasteiger partial charge in [-0.15, -0.1) is 0 Å². The van der Waals surface area contributed by atoms with Gasteiger partial charge in [-0.05, 0) is 69.7 Å². The lowest BCUT2D eigenvalue weighted by Gasteiger charge is -2.38. The Labute approximate surface area is 170 Å². The fraction of sp³-hybridized carbons (Fsp3) is 0.826. The van der Waals surface area contributed by atoms with Crippen molar-refractivity contribution in [1.29, 1.82) is 0 Å². The van der Waals surface area contributed by atoms with Crippen LogP contribution in [0.25, 0.3) is 0 Å². The average molecular weight is 391 g/mol. The van der Waals surface area contributed by atoms with Crippen LogP contribution in [0.3, 0.4) is 0 Å². The van der Waals surface area contributed by atoms with Crippen molar-refractivity contribution in [3.05, 3.63) is 23.7 Å². The third-order valence-electron chi connectivity index (χ3n) is 6.88. The summed E-state index contributed by atoms with van der Waals surface area (Å²) >= 11 is 0. The maximum Gasteiger partial charge on any atom is 0.129 e. The Morgan fingerprint density at radius 3 is 2.50 bits per heavy atom. The van der Waals surface area contributed by atoms with E-state index in [1.807, 2.05) is 6.07 Å². The van der Waals surface area contributed by atoms with Crippen LogP contribution in [0.4, 0.5) is 0 Å². The largest absolute Gasteiger partial charge is 0.462 e. The van der Waals surface area contributed by atoms with Crippen LogP contribution >= 0.6 is 0 Å². The van der Waals surface area contributed by atoms with Crippen LogP contribution in [-0.4, -0.2) is 61.8 Å². The lowest BCUT2D eigenvalue weighted by Crippen LogP contribution is -2.43. The SMILES string of the molecule is COCc1ccc(CN(CC2CCN(C3CCCC3)CC2)CC2CCCO2)o1. The summed E-state index contributed by atoms with van der Waals surface area (Å²) in [7, 11) is 1.71. The maximum atomic E-state index is 5.98. The van der Waals surface area contributed by atoms with Crippen molar-refractivity contribution in [1.82, 2.24) is 9.80 Å². The second-order valence-electron chi connectivity index (χ2n) is 9.05. The first-order valence-corrected chi connectivity index (χ1v) is 11.4. The van der Waals surface area contributed by atoms with Gasteiger partial charge in [-0.2, -0.15) is 0 Å². The molecule has 5 heteroatoms. The summed E-state index contributed by atoms with van der Waals surface area (Å²) in [5.74, 6) is 2.76. The lowest BCUT2D eigenvalue weighted by atomic mass is 9.94. The van der Waals surface area contributed by atoms with E-state index in [9.17, 15) is 0 Å². The van der Waals surface area contributed by atoms with E-state index in [1.54, 1.807) is 7.11 Å². The van der Waals surface area contributed by atoms with E-state index >= 15 is 0 Å². The molecule has 3 heterocycles. The van der Waals surface area contributed by atoms with Gasteiger partial charge in [0.2, 0.25) is 0 Å². The predicted octanol–water partition coefficient (Wildman–Crippen LogP) is 4.06. The molecule has 0 N–H and O–H groups in total. The lowest BCUT2D eigenvalue weighted by molar-refractivity contribution is 0.0510. The van der Waals surface area contributed by atoms with Gasteiger partial charge in [0.1, 0.15) is 18.1 Å². The van der Waals surface area contributed by atoms with Crippen molar-refractivity contribution in [3.8, 4) is 0 Å². The van der Waals surface area contributed by atoms with Crippen LogP contribution in [0.2, 0.25) is 0 Å². The normalized spacial score (nSPS) is 25.3. The molecular weight excluding hydrogens is 352 g/mol.